The van der Waals surface area contributed by atoms with Crippen molar-refractivity contribution in [2.45, 2.75) is 6.92 Å². The number of nitrogens with one attached hydrogen (secondary N) is 1. The zero-order chi connectivity index (χ0) is 22.0. The van der Waals surface area contributed by atoms with Gasteiger partial charge in [-0.15, -0.1) is 0 Å². The molecule has 1 N–H and O–H groups in total. The second kappa shape index (κ2) is 8.83. The summed E-state index contributed by atoms with van der Waals surface area (Å²) in [5.74, 6) is -0.950. The van der Waals surface area contributed by atoms with E-state index in [9.17, 15) is 14.4 Å². The molecular formula is C23H18ClN3O3S. The standard InChI is InChI=1S/C23H18ClN3O3S/c1-15-7-12-19(27(15)18-5-3-2-4-6-18)13-20-22(29)26(23(30)31-20)14-21(28)25-17-10-8-16(24)9-11-17/h2-13H,14H2,1H3,(H,25,28)/b20-13-. The Morgan fingerprint density at radius 3 is 2.45 bits per heavy atom. The molecule has 0 bridgehead atoms. The first-order valence-corrected chi connectivity index (χ1v) is 10.7. The number of benzene rings is 2. The Bertz CT molecular complexity index is 1190. The van der Waals surface area contributed by atoms with E-state index in [1.807, 2.05) is 54.0 Å². The summed E-state index contributed by atoms with van der Waals surface area (Å²) in [6.45, 7) is 1.61. The number of carbonyl (C=O) groups excluding carboxylic acids is 3. The fraction of sp³-hybridized carbons (Fsp3) is 0.0870. The first kappa shape index (κ1) is 21.0. The number of rotatable bonds is 5. The van der Waals surface area contributed by atoms with Gasteiger partial charge in [0, 0.05) is 27.8 Å². The summed E-state index contributed by atoms with van der Waals surface area (Å²) in [5.41, 5.74) is 3.27. The number of thioether (sulfide) groups is 1. The van der Waals surface area contributed by atoms with Gasteiger partial charge in [-0.3, -0.25) is 19.3 Å². The number of aryl methyl sites for hydroxylation is 1. The summed E-state index contributed by atoms with van der Waals surface area (Å²) in [6.07, 6.45) is 1.68. The Balaban J connectivity index is 1.52. The van der Waals surface area contributed by atoms with Crippen LogP contribution in [0.1, 0.15) is 11.4 Å². The third kappa shape index (κ3) is 4.57. The van der Waals surface area contributed by atoms with Gasteiger partial charge in [-0.1, -0.05) is 29.8 Å². The Labute approximate surface area is 188 Å². The number of para-hydroxylation sites is 1. The monoisotopic (exact) mass is 451 g/mol. The molecule has 1 saturated heterocycles. The van der Waals surface area contributed by atoms with E-state index in [0.29, 0.717) is 10.7 Å². The van der Waals surface area contributed by atoms with Crippen LogP contribution in [0.15, 0.2) is 71.6 Å². The molecular weight excluding hydrogens is 434 g/mol. The second-order valence-electron chi connectivity index (χ2n) is 6.89. The molecule has 6 nitrogen and oxygen atoms in total. The SMILES string of the molecule is Cc1ccc(/C=C2\SC(=O)N(CC(=O)Nc3ccc(Cl)cc3)C2=O)n1-c1ccccc1. The normalized spacial score (nSPS) is 15.0. The predicted octanol–water partition coefficient (Wildman–Crippen LogP) is 5.11. The lowest BCUT2D eigenvalue weighted by atomic mass is 10.3. The number of aromatic nitrogens is 1. The van der Waals surface area contributed by atoms with Gasteiger partial charge >= 0.3 is 0 Å². The molecule has 156 valence electrons. The molecule has 1 aliphatic heterocycles. The van der Waals surface area contributed by atoms with Crippen LogP contribution in [0.5, 0.6) is 0 Å². The second-order valence-corrected chi connectivity index (χ2v) is 8.32. The highest BCUT2D eigenvalue weighted by Crippen LogP contribution is 2.33. The van der Waals surface area contributed by atoms with Crippen LogP contribution in [0.25, 0.3) is 11.8 Å². The fourth-order valence-corrected chi connectivity index (χ4v) is 4.20. The molecule has 2 aromatic carbocycles. The maximum atomic E-state index is 12.8. The Hall–Kier alpha value is -3.29. The van der Waals surface area contributed by atoms with Gasteiger partial charge in [0.2, 0.25) is 5.91 Å². The number of halogens is 1. The molecule has 0 saturated carbocycles. The van der Waals surface area contributed by atoms with E-state index < -0.39 is 17.1 Å². The molecule has 0 unspecified atom stereocenters. The molecule has 1 aromatic heterocycles. The van der Waals surface area contributed by atoms with Crippen LogP contribution in [0.4, 0.5) is 10.5 Å². The van der Waals surface area contributed by atoms with Crippen LogP contribution < -0.4 is 5.32 Å². The first-order valence-electron chi connectivity index (χ1n) is 9.47. The lowest BCUT2D eigenvalue weighted by Crippen LogP contribution is -2.36. The summed E-state index contributed by atoms with van der Waals surface area (Å²) in [7, 11) is 0. The van der Waals surface area contributed by atoms with Crippen molar-refractivity contribution in [3.05, 3.63) is 88.0 Å². The minimum atomic E-state index is -0.486. The van der Waals surface area contributed by atoms with Gasteiger partial charge in [-0.25, -0.2) is 0 Å². The molecule has 1 aliphatic rings. The van der Waals surface area contributed by atoms with Gasteiger partial charge in [0.25, 0.3) is 11.1 Å². The maximum absolute atomic E-state index is 12.8. The Kier molecular flexibility index (Phi) is 5.97. The Morgan fingerprint density at radius 2 is 1.74 bits per heavy atom. The van der Waals surface area contributed by atoms with E-state index in [2.05, 4.69) is 5.32 Å². The highest BCUT2D eigenvalue weighted by molar-refractivity contribution is 8.18. The highest BCUT2D eigenvalue weighted by atomic mass is 35.5. The van der Waals surface area contributed by atoms with E-state index in [0.717, 1.165) is 33.7 Å². The first-order chi connectivity index (χ1) is 14.9. The quantitative estimate of drug-likeness (QED) is 0.547. The van der Waals surface area contributed by atoms with Crippen molar-refractivity contribution < 1.29 is 14.4 Å². The van der Waals surface area contributed by atoms with Gasteiger partial charge < -0.3 is 9.88 Å². The molecule has 8 heteroatoms. The summed E-state index contributed by atoms with van der Waals surface area (Å²) >= 11 is 6.66. The zero-order valence-corrected chi connectivity index (χ0v) is 18.1. The van der Waals surface area contributed by atoms with Crippen molar-refractivity contribution in [1.29, 1.82) is 0 Å². The predicted molar refractivity (Wildman–Crippen MR) is 123 cm³/mol. The molecule has 4 rings (SSSR count). The minimum absolute atomic E-state index is 0.277. The molecule has 0 spiro atoms. The molecule has 0 aliphatic carbocycles. The minimum Gasteiger partial charge on any atom is -0.325 e. The average molecular weight is 452 g/mol. The van der Waals surface area contributed by atoms with Crippen molar-refractivity contribution in [3.8, 4) is 5.69 Å². The summed E-state index contributed by atoms with van der Waals surface area (Å²) < 4.78 is 2.00. The number of nitrogens with zero attached hydrogens (tertiary/aromatic N) is 2. The number of hydrogen-bond acceptors (Lipinski definition) is 4. The van der Waals surface area contributed by atoms with Crippen molar-refractivity contribution in [1.82, 2.24) is 9.47 Å². The van der Waals surface area contributed by atoms with Crippen molar-refractivity contribution in [2.75, 3.05) is 11.9 Å². The number of hydrogen-bond donors (Lipinski definition) is 1. The van der Waals surface area contributed by atoms with Gasteiger partial charge in [-0.2, -0.15) is 0 Å². The number of imide groups is 1. The fourth-order valence-electron chi connectivity index (χ4n) is 3.25. The van der Waals surface area contributed by atoms with Gasteiger partial charge in [-0.05, 0) is 73.3 Å². The van der Waals surface area contributed by atoms with Crippen molar-refractivity contribution >= 4 is 52.2 Å². The summed E-state index contributed by atoms with van der Waals surface area (Å²) in [5, 5.41) is 2.73. The molecule has 0 radical (unpaired) electrons. The lowest BCUT2D eigenvalue weighted by molar-refractivity contribution is -0.127. The van der Waals surface area contributed by atoms with Crippen LogP contribution in [0.3, 0.4) is 0 Å². The molecule has 2 heterocycles. The zero-order valence-electron chi connectivity index (χ0n) is 16.5. The van der Waals surface area contributed by atoms with E-state index in [1.165, 1.54) is 0 Å². The molecule has 3 amide bonds. The van der Waals surface area contributed by atoms with E-state index in [4.69, 9.17) is 11.6 Å². The maximum Gasteiger partial charge on any atom is 0.294 e. The summed E-state index contributed by atoms with van der Waals surface area (Å²) in [6, 6.07) is 20.2. The van der Waals surface area contributed by atoms with Gasteiger partial charge in [0.15, 0.2) is 0 Å². The van der Waals surface area contributed by atoms with E-state index >= 15 is 0 Å². The molecule has 1 fully saturated rings. The van der Waals surface area contributed by atoms with Gasteiger partial charge in [0.1, 0.15) is 6.54 Å². The smallest absolute Gasteiger partial charge is 0.294 e. The molecule has 31 heavy (non-hydrogen) atoms. The largest absolute Gasteiger partial charge is 0.325 e. The molecule has 3 aromatic rings. The highest BCUT2D eigenvalue weighted by Gasteiger charge is 2.36. The van der Waals surface area contributed by atoms with E-state index in [-0.39, 0.29) is 11.4 Å². The van der Waals surface area contributed by atoms with Crippen LogP contribution in [-0.4, -0.2) is 33.1 Å². The Morgan fingerprint density at radius 1 is 1.03 bits per heavy atom. The number of amides is 3. The van der Waals surface area contributed by atoms with Crippen LogP contribution >= 0.6 is 23.4 Å². The number of anilines is 1. The molecule has 0 atom stereocenters. The third-order valence-electron chi connectivity index (χ3n) is 4.70. The van der Waals surface area contributed by atoms with E-state index in [1.54, 1.807) is 30.3 Å². The van der Waals surface area contributed by atoms with Gasteiger partial charge in [0.05, 0.1) is 4.91 Å². The lowest BCUT2D eigenvalue weighted by Gasteiger charge is -2.12. The number of carbonyl (C=O) groups is 3. The van der Waals surface area contributed by atoms with Crippen molar-refractivity contribution in [3.63, 3.8) is 0 Å². The average Bonchev–Trinajstić information content (AvgIpc) is 3.24. The third-order valence-corrected chi connectivity index (χ3v) is 5.86. The van der Waals surface area contributed by atoms with Crippen molar-refractivity contribution in [2.24, 2.45) is 0 Å². The topological polar surface area (TPSA) is 71.4 Å². The summed E-state index contributed by atoms with van der Waals surface area (Å²) in [4.78, 5) is 38.8. The van der Waals surface area contributed by atoms with Crippen LogP contribution in [0.2, 0.25) is 5.02 Å². The van der Waals surface area contributed by atoms with Crippen LogP contribution in [-0.2, 0) is 9.59 Å². The van der Waals surface area contributed by atoms with Crippen LogP contribution in [0, 0.1) is 6.92 Å².